The van der Waals surface area contributed by atoms with Crippen LogP contribution in [0.1, 0.15) is 46.5 Å². The molecule has 0 heterocycles. The molecule has 1 amide bonds. The Morgan fingerprint density at radius 2 is 2.07 bits per heavy atom. The molecule has 3 heteroatoms. The van der Waals surface area contributed by atoms with E-state index in [0.717, 1.165) is 6.54 Å². The summed E-state index contributed by atoms with van der Waals surface area (Å²) in [5.41, 5.74) is -0.295. The van der Waals surface area contributed by atoms with Crippen LogP contribution in [0.3, 0.4) is 0 Å². The van der Waals surface area contributed by atoms with Crippen LogP contribution < -0.4 is 5.32 Å². The molecule has 88 valence electrons. The fraction of sp³-hybridized carbons (Fsp3) is 0.917. The van der Waals surface area contributed by atoms with E-state index in [2.05, 4.69) is 12.2 Å². The van der Waals surface area contributed by atoms with Crippen LogP contribution in [-0.2, 0) is 9.53 Å². The van der Waals surface area contributed by atoms with Crippen LogP contribution >= 0.6 is 0 Å². The molecular weight excluding hydrogens is 190 g/mol. The van der Waals surface area contributed by atoms with E-state index in [1.54, 1.807) is 21.0 Å². The first kappa shape index (κ1) is 12.5. The predicted octanol–water partition coefficient (Wildman–Crippen LogP) is 2.11. The zero-order valence-corrected chi connectivity index (χ0v) is 10.4. The molecule has 3 nitrogen and oxygen atoms in total. The molecule has 0 spiro atoms. The fourth-order valence-electron chi connectivity index (χ4n) is 1.80. The van der Waals surface area contributed by atoms with Crippen molar-refractivity contribution in [3.05, 3.63) is 0 Å². The van der Waals surface area contributed by atoms with E-state index in [1.807, 2.05) is 0 Å². The summed E-state index contributed by atoms with van der Waals surface area (Å²) < 4.78 is 5.13. The van der Waals surface area contributed by atoms with Crippen molar-refractivity contribution in [2.75, 3.05) is 13.7 Å². The van der Waals surface area contributed by atoms with Crippen molar-refractivity contribution in [1.29, 1.82) is 0 Å². The van der Waals surface area contributed by atoms with Gasteiger partial charge in [0.05, 0.1) is 0 Å². The highest BCUT2D eigenvalue weighted by atomic mass is 16.5. The minimum Gasteiger partial charge on any atom is -0.369 e. The molecular formula is C12H23NO2. The highest BCUT2D eigenvalue weighted by Gasteiger charge is 2.42. The molecule has 0 saturated heterocycles. The van der Waals surface area contributed by atoms with E-state index >= 15 is 0 Å². The Labute approximate surface area is 92.6 Å². The minimum atomic E-state index is -0.706. The quantitative estimate of drug-likeness (QED) is 0.734. The van der Waals surface area contributed by atoms with Gasteiger partial charge >= 0.3 is 0 Å². The van der Waals surface area contributed by atoms with E-state index in [0.29, 0.717) is 5.41 Å². The maximum absolute atomic E-state index is 11.7. The van der Waals surface area contributed by atoms with Gasteiger partial charge < -0.3 is 10.1 Å². The van der Waals surface area contributed by atoms with Gasteiger partial charge in [0.2, 0.25) is 0 Å². The van der Waals surface area contributed by atoms with E-state index < -0.39 is 5.60 Å². The van der Waals surface area contributed by atoms with Crippen molar-refractivity contribution < 1.29 is 9.53 Å². The highest BCUT2D eigenvalue weighted by molar-refractivity contribution is 5.84. The minimum absolute atomic E-state index is 0.00706. The summed E-state index contributed by atoms with van der Waals surface area (Å²) in [7, 11) is 1.57. The maximum Gasteiger partial charge on any atom is 0.251 e. The van der Waals surface area contributed by atoms with Gasteiger partial charge in [-0.2, -0.15) is 0 Å². The smallest absolute Gasteiger partial charge is 0.251 e. The maximum atomic E-state index is 11.7. The van der Waals surface area contributed by atoms with Gasteiger partial charge in [-0.3, -0.25) is 4.79 Å². The van der Waals surface area contributed by atoms with Crippen molar-refractivity contribution in [3.8, 4) is 0 Å². The van der Waals surface area contributed by atoms with Crippen LogP contribution in [0.2, 0.25) is 0 Å². The first-order valence-corrected chi connectivity index (χ1v) is 5.79. The molecule has 1 aliphatic carbocycles. The number of amides is 1. The number of methoxy groups -OCH3 is 1. The van der Waals surface area contributed by atoms with Gasteiger partial charge in [-0.1, -0.05) is 13.3 Å². The van der Waals surface area contributed by atoms with E-state index in [4.69, 9.17) is 4.74 Å². The molecule has 1 saturated carbocycles. The predicted molar refractivity (Wildman–Crippen MR) is 60.7 cm³/mol. The summed E-state index contributed by atoms with van der Waals surface area (Å²) in [6.07, 6.45) is 4.94. The van der Waals surface area contributed by atoms with Crippen molar-refractivity contribution in [2.45, 2.75) is 52.1 Å². The molecule has 1 rings (SSSR count). The Balaban J connectivity index is 2.34. The first-order valence-electron chi connectivity index (χ1n) is 5.79. The molecule has 1 aliphatic rings. The van der Waals surface area contributed by atoms with Crippen LogP contribution in [0.15, 0.2) is 0 Å². The summed E-state index contributed by atoms with van der Waals surface area (Å²) >= 11 is 0. The van der Waals surface area contributed by atoms with Gasteiger partial charge in [0.1, 0.15) is 5.60 Å². The normalized spacial score (nSPS) is 18.7. The molecule has 1 fully saturated rings. The van der Waals surface area contributed by atoms with Crippen molar-refractivity contribution in [2.24, 2.45) is 5.41 Å². The second-order valence-electron chi connectivity index (χ2n) is 5.15. The van der Waals surface area contributed by atoms with Crippen LogP contribution in [0.4, 0.5) is 0 Å². The summed E-state index contributed by atoms with van der Waals surface area (Å²) in [5.74, 6) is -0.00706. The number of hydrogen-bond acceptors (Lipinski definition) is 2. The lowest BCUT2D eigenvalue weighted by Crippen LogP contribution is -2.45. The molecule has 15 heavy (non-hydrogen) atoms. The van der Waals surface area contributed by atoms with Gasteiger partial charge in [-0.15, -0.1) is 0 Å². The van der Waals surface area contributed by atoms with Crippen molar-refractivity contribution in [1.82, 2.24) is 5.32 Å². The summed E-state index contributed by atoms with van der Waals surface area (Å²) in [4.78, 5) is 11.7. The molecule has 0 aromatic rings. The number of rotatable bonds is 6. The monoisotopic (exact) mass is 213 g/mol. The SMILES string of the molecule is CCCC1(CNC(=O)C(C)(C)OC)CC1. The van der Waals surface area contributed by atoms with Crippen LogP contribution in [0.25, 0.3) is 0 Å². The Morgan fingerprint density at radius 1 is 1.47 bits per heavy atom. The number of carbonyl (C=O) groups is 1. The molecule has 1 N–H and O–H groups in total. The van der Waals surface area contributed by atoms with Gasteiger partial charge in [0, 0.05) is 13.7 Å². The molecule has 0 aromatic carbocycles. The van der Waals surface area contributed by atoms with Crippen LogP contribution in [0.5, 0.6) is 0 Å². The lowest BCUT2D eigenvalue weighted by atomic mass is 10.00. The van der Waals surface area contributed by atoms with E-state index in [9.17, 15) is 4.79 Å². The lowest BCUT2D eigenvalue weighted by molar-refractivity contribution is -0.139. The van der Waals surface area contributed by atoms with Crippen LogP contribution in [0, 0.1) is 5.41 Å². The average molecular weight is 213 g/mol. The number of carbonyl (C=O) groups excluding carboxylic acids is 1. The average Bonchev–Trinajstić information content (AvgIpc) is 2.95. The Kier molecular flexibility index (Phi) is 3.77. The molecule has 0 aromatic heterocycles. The third kappa shape index (κ3) is 3.20. The third-order valence-corrected chi connectivity index (χ3v) is 3.42. The van der Waals surface area contributed by atoms with Gasteiger partial charge in [-0.25, -0.2) is 0 Å². The molecule has 0 aliphatic heterocycles. The summed E-state index contributed by atoms with van der Waals surface area (Å²) in [6.45, 7) is 6.59. The number of nitrogens with one attached hydrogen (secondary N) is 1. The topological polar surface area (TPSA) is 38.3 Å². The Bertz CT molecular complexity index is 232. The molecule has 0 unspecified atom stereocenters. The van der Waals surface area contributed by atoms with Crippen LogP contribution in [-0.4, -0.2) is 25.2 Å². The first-order chi connectivity index (χ1) is 6.96. The fourth-order valence-corrected chi connectivity index (χ4v) is 1.80. The second kappa shape index (κ2) is 4.52. The second-order valence-corrected chi connectivity index (χ2v) is 5.15. The molecule has 0 radical (unpaired) electrons. The van der Waals surface area contributed by atoms with Gasteiger partial charge in [0.25, 0.3) is 5.91 Å². The van der Waals surface area contributed by atoms with Gasteiger partial charge in [0.15, 0.2) is 0 Å². The highest BCUT2D eigenvalue weighted by Crippen LogP contribution is 2.48. The molecule has 0 atom stereocenters. The van der Waals surface area contributed by atoms with Crippen molar-refractivity contribution in [3.63, 3.8) is 0 Å². The Hall–Kier alpha value is -0.570. The third-order valence-electron chi connectivity index (χ3n) is 3.42. The summed E-state index contributed by atoms with van der Waals surface area (Å²) in [6, 6.07) is 0. The molecule has 0 bridgehead atoms. The zero-order valence-electron chi connectivity index (χ0n) is 10.4. The van der Waals surface area contributed by atoms with Crippen molar-refractivity contribution >= 4 is 5.91 Å². The summed E-state index contributed by atoms with van der Waals surface area (Å²) in [5, 5.41) is 3.00. The van der Waals surface area contributed by atoms with Gasteiger partial charge in [-0.05, 0) is 38.5 Å². The van der Waals surface area contributed by atoms with E-state index in [-0.39, 0.29) is 5.91 Å². The Morgan fingerprint density at radius 3 is 2.47 bits per heavy atom. The van der Waals surface area contributed by atoms with E-state index in [1.165, 1.54) is 25.7 Å². The standard InChI is InChI=1S/C12H23NO2/c1-5-6-12(7-8-12)9-13-10(14)11(2,3)15-4/h5-9H2,1-4H3,(H,13,14). The largest absolute Gasteiger partial charge is 0.369 e. The zero-order chi connectivity index (χ0) is 11.5. The number of hydrogen-bond donors (Lipinski definition) is 1. The lowest BCUT2D eigenvalue weighted by Gasteiger charge is -2.23. The number of ether oxygens (including phenoxy) is 1.